The molecule has 116 valence electrons. The van der Waals surface area contributed by atoms with Crippen molar-refractivity contribution < 1.29 is 9.59 Å². The molecule has 1 aliphatic rings. The predicted octanol–water partition coefficient (Wildman–Crippen LogP) is 0.726. The van der Waals surface area contributed by atoms with Crippen molar-refractivity contribution in [2.75, 3.05) is 13.1 Å². The summed E-state index contributed by atoms with van der Waals surface area (Å²) in [5, 5.41) is 6.99. The molecular formula is C15H24N4O2. The zero-order chi connectivity index (χ0) is 15.6. The number of hydrogen-bond acceptors (Lipinski definition) is 3. The van der Waals surface area contributed by atoms with E-state index in [2.05, 4.69) is 10.4 Å². The third kappa shape index (κ3) is 3.83. The van der Waals surface area contributed by atoms with Gasteiger partial charge in [0.2, 0.25) is 11.8 Å². The zero-order valence-electron chi connectivity index (χ0n) is 13.2. The largest absolute Gasteiger partial charge is 0.344 e. The highest BCUT2D eigenvalue weighted by atomic mass is 16.2. The number of carbonyl (C=O) groups is 2. The third-order valence-corrected chi connectivity index (χ3v) is 3.77. The lowest BCUT2D eigenvalue weighted by atomic mass is 9.86. The first-order valence-electron chi connectivity index (χ1n) is 7.33. The van der Waals surface area contributed by atoms with Gasteiger partial charge in [0.05, 0.1) is 6.20 Å². The minimum absolute atomic E-state index is 0.0113. The van der Waals surface area contributed by atoms with Crippen molar-refractivity contribution in [2.24, 2.45) is 12.5 Å². The zero-order valence-corrected chi connectivity index (χ0v) is 13.2. The molecule has 1 fully saturated rings. The van der Waals surface area contributed by atoms with E-state index >= 15 is 0 Å². The molecule has 21 heavy (non-hydrogen) atoms. The van der Waals surface area contributed by atoms with E-state index in [4.69, 9.17) is 0 Å². The Bertz CT molecular complexity index is 530. The van der Waals surface area contributed by atoms with Gasteiger partial charge in [-0.3, -0.25) is 14.3 Å². The van der Waals surface area contributed by atoms with Crippen LogP contribution in [0.5, 0.6) is 0 Å². The average molecular weight is 292 g/mol. The summed E-state index contributed by atoms with van der Waals surface area (Å²) in [5.41, 5.74) is 0.810. The van der Waals surface area contributed by atoms with E-state index in [9.17, 15) is 9.59 Å². The predicted molar refractivity (Wildman–Crippen MR) is 79.5 cm³/mol. The number of aryl methyl sites for hydroxylation is 1. The lowest BCUT2D eigenvalue weighted by Crippen LogP contribution is -2.52. The van der Waals surface area contributed by atoms with Crippen molar-refractivity contribution in [3.05, 3.63) is 18.0 Å². The fraction of sp³-hybridized carbons (Fsp3) is 0.667. The molecule has 1 unspecified atom stereocenters. The number of nitrogens with one attached hydrogen (secondary N) is 1. The molecular weight excluding hydrogens is 268 g/mol. The Morgan fingerprint density at radius 1 is 1.38 bits per heavy atom. The van der Waals surface area contributed by atoms with E-state index in [0.29, 0.717) is 19.5 Å². The van der Waals surface area contributed by atoms with Crippen LogP contribution >= 0.6 is 0 Å². The first-order chi connectivity index (χ1) is 9.77. The second-order valence-corrected chi connectivity index (χ2v) is 6.71. The molecule has 0 spiro atoms. The van der Waals surface area contributed by atoms with Gasteiger partial charge in [0.25, 0.3) is 0 Å². The fourth-order valence-electron chi connectivity index (χ4n) is 2.50. The minimum Gasteiger partial charge on any atom is -0.344 e. The Balaban J connectivity index is 2.07. The number of aromatic nitrogens is 2. The number of carbonyl (C=O) groups excluding carboxylic acids is 2. The van der Waals surface area contributed by atoms with E-state index < -0.39 is 6.04 Å². The van der Waals surface area contributed by atoms with Crippen molar-refractivity contribution in [1.29, 1.82) is 0 Å². The van der Waals surface area contributed by atoms with Crippen molar-refractivity contribution in [1.82, 2.24) is 20.0 Å². The van der Waals surface area contributed by atoms with E-state index in [1.807, 2.05) is 40.2 Å². The number of nitrogens with zero attached hydrogens (tertiary/aromatic N) is 3. The maximum atomic E-state index is 12.7. The van der Waals surface area contributed by atoms with E-state index in [1.165, 1.54) is 0 Å². The van der Waals surface area contributed by atoms with Crippen molar-refractivity contribution in [3.63, 3.8) is 0 Å². The number of rotatable bonds is 3. The van der Waals surface area contributed by atoms with Crippen LogP contribution in [0.1, 0.15) is 32.8 Å². The molecule has 1 aliphatic heterocycles. The van der Waals surface area contributed by atoms with Crippen LogP contribution in [-0.2, 0) is 23.1 Å². The molecule has 0 saturated carbocycles. The second-order valence-electron chi connectivity index (χ2n) is 6.71. The van der Waals surface area contributed by atoms with Gasteiger partial charge in [0, 0.05) is 32.8 Å². The molecule has 1 saturated heterocycles. The monoisotopic (exact) mass is 292 g/mol. The van der Waals surface area contributed by atoms with Gasteiger partial charge in [-0.1, -0.05) is 20.8 Å². The van der Waals surface area contributed by atoms with Gasteiger partial charge in [-0.05, 0) is 17.4 Å². The maximum Gasteiger partial charge on any atom is 0.245 e. The van der Waals surface area contributed by atoms with Crippen molar-refractivity contribution >= 4 is 11.8 Å². The van der Waals surface area contributed by atoms with Crippen LogP contribution < -0.4 is 5.32 Å². The average Bonchev–Trinajstić information content (AvgIpc) is 2.73. The smallest absolute Gasteiger partial charge is 0.245 e. The molecule has 2 amide bonds. The van der Waals surface area contributed by atoms with E-state index in [0.717, 1.165) is 12.0 Å². The Morgan fingerprint density at radius 3 is 2.67 bits per heavy atom. The standard InChI is InChI=1S/C15H24N4O2/c1-15(2,3)13-14(21)19(8-6-12(20)17-13)7-5-11-9-16-18(4)10-11/h9-10,13H,5-8H2,1-4H3,(H,17,20). The molecule has 1 aromatic heterocycles. The quantitative estimate of drug-likeness (QED) is 0.893. The number of hydrogen-bond donors (Lipinski definition) is 1. The van der Waals surface area contributed by atoms with Gasteiger partial charge in [-0.15, -0.1) is 0 Å². The Kier molecular flexibility index (Phi) is 4.34. The summed E-state index contributed by atoms with van der Waals surface area (Å²) < 4.78 is 1.75. The molecule has 2 rings (SSSR count). The molecule has 1 N–H and O–H groups in total. The maximum absolute atomic E-state index is 12.7. The summed E-state index contributed by atoms with van der Waals surface area (Å²) in [6.45, 7) is 7.02. The fourth-order valence-corrected chi connectivity index (χ4v) is 2.50. The summed E-state index contributed by atoms with van der Waals surface area (Å²) in [4.78, 5) is 26.3. The highest BCUT2D eigenvalue weighted by molar-refractivity contribution is 5.90. The van der Waals surface area contributed by atoms with Crippen LogP contribution in [-0.4, -0.2) is 45.6 Å². The van der Waals surface area contributed by atoms with Gasteiger partial charge < -0.3 is 10.2 Å². The molecule has 1 aromatic rings. The minimum atomic E-state index is -0.457. The molecule has 0 radical (unpaired) electrons. The topological polar surface area (TPSA) is 67.2 Å². The van der Waals surface area contributed by atoms with Crippen LogP contribution in [0.15, 0.2) is 12.4 Å². The molecule has 1 atom stereocenters. The summed E-state index contributed by atoms with van der Waals surface area (Å²) >= 11 is 0. The number of amides is 2. The third-order valence-electron chi connectivity index (χ3n) is 3.77. The molecule has 0 aromatic carbocycles. The molecule has 0 bridgehead atoms. The molecule has 0 aliphatic carbocycles. The van der Waals surface area contributed by atoms with Gasteiger partial charge >= 0.3 is 0 Å². The van der Waals surface area contributed by atoms with Crippen LogP contribution in [0, 0.1) is 5.41 Å². The molecule has 6 heteroatoms. The van der Waals surface area contributed by atoms with Crippen LogP contribution in [0.3, 0.4) is 0 Å². The van der Waals surface area contributed by atoms with Crippen molar-refractivity contribution in [2.45, 2.75) is 39.7 Å². The SMILES string of the molecule is Cn1cc(CCN2CCC(=O)NC(C(C)(C)C)C2=O)cn1. The summed E-state index contributed by atoms with van der Waals surface area (Å²) in [7, 11) is 1.87. The second kappa shape index (κ2) is 5.87. The van der Waals surface area contributed by atoms with Gasteiger partial charge in [-0.25, -0.2) is 0 Å². The van der Waals surface area contributed by atoms with Crippen LogP contribution in [0.2, 0.25) is 0 Å². The van der Waals surface area contributed by atoms with Gasteiger partial charge in [0.15, 0.2) is 0 Å². The first-order valence-corrected chi connectivity index (χ1v) is 7.33. The van der Waals surface area contributed by atoms with Gasteiger partial charge in [-0.2, -0.15) is 5.10 Å². The van der Waals surface area contributed by atoms with Crippen LogP contribution in [0.25, 0.3) is 0 Å². The lowest BCUT2D eigenvalue weighted by Gasteiger charge is -2.32. The Labute approximate surface area is 125 Å². The summed E-state index contributed by atoms with van der Waals surface area (Å²) in [6, 6.07) is -0.457. The highest BCUT2D eigenvalue weighted by Gasteiger charge is 2.37. The van der Waals surface area contributed by atoms with Crippen molar-refractivity contribution in [3.8, 4) is 0 Å². The Morgan fingerprint density at radius 2 is 2.10 bits per heavy atom. The highest BCUT2D eigenvalue weighted by Crippen LogP contribution is 2.23. The first kappa shape index (κ1) is 15.5. The van der Waals surface area contributed by atoms with Crippen LogP contribution in [0.4, 0.5) is 0 Å². The summed E-state index contributed by atoms with van der Waals surface area (Å²) in [5.74, 6) is -0.0376. The normalized spacial score (nSPS) is 20.4. The Hall–Kier alpha value is -1.85. The molecule has 6 nitrogen and oxygen atoms in total. The van der Waals surface area contributed by atoms with E-state index in [1.54, 1.807) is 9.58 Å². The molecule has 2 heterocycles. The summed E-state index contributed by atoms with van der Waals surface area (Å²) in [6.07, 6.45) is 4.88. The van der Waals surface area contributed by atoms with Gasteiger partial charge in [0.1, 0.15) is 6.04 Å². The van der Waals surface area contributed by atoms with E-state index in [-0.39, 0.29) is 17.2 Å². The lowest BCUT2D eigenvalue weighted by molar-refractivity contribution is -0.136.